The molecule has 26 heavy (non-hydrogen) atoms. The lowest BCUT2D eigenvalue weighted by molar-refractivity contribution is 0.213. The topological polar surface area (TPSA) is 59.0 Å². The molecule has 5 nitrogen and oxygen atoms in total. The van der Waals surface area contributed by atoms with Gasteiger partial charge >= 0.3 is 6.03 Å². The lowest BCUT2D eigenvalue weighted by Crippen LogP contribution is -2.48. The SMILES string of the molecule is CC1(C)Cc2c(cnn2-c2ccc(F)cc2)[C@H](NC(=O)NC(C)(C)C)C1. The van der Waals surface area contributed by atoms with Crippen LogP contribution < -0.4 is 10.6 Å². The Morgan fingerprint density at radius 1 is 1.27 bits per heavy atom. The van der Waals surface area contributed by atoms with Gasteiger partial charge in [0.25, 0.3) is 0 Å². The average Bonchev–Trinajstić information content (AvgIpc) is 2.88. The first-order valence-electron chi connectivity index (χ1n) is 8.95. The molecule has 0 bridgehead atoms. The van der Waals surface area contributed by atoms with E-state index in [9.17, 15) is 9.18 Å². The van der Waals surface area contributed by atoms with Gasteiger partial charge in [-0.05, 0) is 63.3 Å². The van der Waals surface area contributed by atoms with Crippen LogP contribution in [0.4, 0.5) is 9.18 Å². The minimum absolute atomic E-state index is 0.0183. The van der Waals surface area contributed by atoms with Gasteiger partial charge in [-0.1, -0.05) is 13.8 Å². The summed E-state index contributed by atoms with van der Waals surface area (Å²) in [7, 11) is 0. The highest BCUT2D eigenvalue weighted by molar-refractivity contribution is 5.75. The molecule has 2 amide bonds. The third-order valence-electron chi connectivity index (χ3n) is 4.54. The van der Waals surface area contributed by atoms with Crippen molar-refractivity contribution in [3.63, 3.8) is 0 Å². The van der Waals surface area contributed by atoms with Crippen LogP contribution in [0.2, 0.25) is 0 Å². The Bertz CT molecular complexity index is 802. The van der Waals surface area contributed by atoms with E-state index in [-0.39, 0.29) is 28.8 Å². The van der Waals surface area contributed by atoms with Crippen molar-refractivity contribution in [2.45, 2.75) is 59.0 Å². The van der Waals surface area contributed by atoms with Crippen LogP contribution in [0.3, 0.4) is 0 Å². The predicted molar refractivity (Wildman–Crippen MR) is 99.8 cm³/mol. The molecule has 1 heterocycles. The van der Waals surface area contributed by atoms with Crippen molar-refractivity contribution in [3.8, 4) is 5.69 Å². The first kappa shape index (κ1) is 18.4. The fraction of sp³-hybridized carbons (Fsp3) is 0.500. The van der Waals surface area contributed by atoms with E-state index >= 15 is 0 Å². The molecule has 6 heteroatoms. The van der Waals surface area contributed by atoms with Crippen LogP contribution in [0.1, 0.15) is 58.3 Å². The Morgan fingerprint density at radius 3 is 2.54 bits per heavy atom. The van der Waals surface area contributed by atoms with Crippen LogP contribution in [-0.4, -0.2) is 21.4 Å². The normalized spacial score (nSPS) is 18.9. The summed E-state index contributed by atoms with van der Waals surface area (Å²) >= 11 is 0. The third-order valence-corrected chi connectivity index (χ3v) is 4.54. The number of halogens is 1. The fourth-order valence-corrected chi connectivity index (χ4v) is 3.51. The molecule has 1 aliphatic carbocycles. The van der Waals surface area contributed by atoms with Gasteiger partial charge < -0.3 is 10.6 Å². The number of nitrogens with one attached hydrogen (secondary N) is 2. The number of nitrogens with zero attached hydrogens (tertiary/aromatic N) is 2. The fourth-order valence-electron chi connectivity index (χ4n) is 3.51. The number of carbonyl (C=O) groups excluding carboxylic acids is 1. The summed E-state index contributed by atoms with van der Waals surface area (Å²) in [6.07, 6.45) is 3.50. The van der Waals surface area contributed by atoms with Crippen molar-refractivity contribution in [1.29, 1.82) is 0 Å². The molecule has 1 aliphatic rings. The van der Waals surface area contributed by atoms with Crippen LogP contribution in [0.5, 0.6) is 0 Å². The maximum absolute atomic E-state index is 13.2. The van der Waals surface area contributed by atoms with Crippen molar-refractivity contribution in [1.82, 2.24) is 20.4 Å². The largest absolute Gasteiger partial charge is 0.334 e. The number of aromatic nitrogens is 2. The van der Waals surface area contributed by atoms with Gasteiger partial charge in [0.15, 0.2) is 0 Å². The second-order valence-corrected chi connectivity index (χ2v) is 8.88. The van der Waals surface area contributed by atoms with E-state index in [1.165, 1.54) is 12.1 Å². The van der Waals surface area contributed by atoms with E-state index in [0.29, 0.717) is 0 Å². The number of carbonyl (C=O) groups is 1. The summed E-state index contributed by atoms with van der Waals surface area (Å²) in [5.74, 6) is -0.270. The summed E-state index contributed by atoms with van der Waals surface area (Å²) in [5.41, 5.74) is 2.63. The Labute approximate surface area is 154 Å². The van der Waals surface area contributed by atoms with Crippen LogP contribution in [0, 0.1) is 11.2 Å². The molecule has 0 saturated heterocycles. The highest BCUT2D eigenvalue weighted by Crippen LogP contribution is 2.41. The molecule has 1 aromatic carbocycles. The average molecular weight is 358 g/mol. The number of hydrogen-bond donors (Lipinski definition) is 2. The quantitative estimate of drug-likeness (QED) is 0.848. The maximum atomic E-state index is 13.2. The molecule has 1 aromatic heterocycles. The van der Waals surface area contributed by atoms with Gasteiger partial charge in [0.1, 0.15) is 5.82 Å². The standard InChI is InChI=1S/C20H27FN4O/c1-19(2,3)24-18(26)23-16-10-20(4,5)11-17-15(16)12-22-25(17)14-8-6-13(21)7-9-14/h6-9,12,16H,10-11H2,1-5H3,(H2,23,24,26)/t16-/m1/s1. The van der Waals surface area contributed by atoms with Gasteiger partial charge in [-0.3, -0.25) is 0 Å². The molecule has 0 unspecified atom stereocenters. The van der Waals surface area contributed by atoms with Gasteiger partial charge in [-0.25, -0.2) is 13.9 Å². The first-order chi connectivity index (χ1) is 12.0. The molecule has 0 saturated carbocycles. The Kier molecular flexibility index (Phi) is 4.54. The lowest BCUT2D eigenvalue weighted by atomic mass is 9.74. The van der Waals surface area contributed by atoms with Crippen LogP contribution in [-0.2, 0) is 6.42 Å². The lowest BCUT2D eigenvalue weighted by Gasteiger charge is -2.36. The molecule has 2 aromatic rings. The number of hydrogen-bond acceptors (Lipinski definition) is 2. The smallest absolute Gasteiger partial charge is 0.315 e. The minimum atomic E-state index is -0.296. The van der Waals surface area contributed by atoms with Gasteiger partial charge in [-0.15, -0.1) is 0 Å². The van der Waals surface area contributed by atoms with Crippen molar-refractivity contribution in [2.75, 3.05) is 0 Å². The second-order valence-electron chi connectivity index (χ2n) is 8.88. The zero-order chi connectivity index (χ0) is 19.1. The van der Waals surface area contributed by atoms with Crippen LogP contribution in [0.25, 0.3) is 5.69 Å². The van der Waals surface area contributed by atoms with Crippen molar-refractivity contribution >= 4 is 6.03 Å². The van der Waals surface area contributed by atoms with E-state index in [2.05, 4.69) is 29.6 Å². The Morgan fingerprint density at radius 2 is 1.92 bits per heavy atom. The molecule has 2 N–H and O–H groups in total. The molecule has 0 aliphatic heterocycles. The predicted octanol–water partition coefficient (Wildman–Crippen LogP) is 4.12. The summed E-state index contributed by atoms with van der Waals surface area (Å²) < 4.78 is 15.1. The molecule has 140 valence electrons. The summed E-state index contributed by atoms with van der Waals surface area (Å²) in [6.45, 7) is 10.2. The number of fused-ring (bicyclic) bond motifs is 1. The summed E-state index contributed by atoms with van der Waals surface area (Å²) in [5, 5.41) is 10.6. The molecule has 1 atom stereocenters. The molecular formula is C20H27FN4O. The van der Waals surface area contributed by atoms with E-state index in [1.807, 2.05) is 31.6 Å². The van der Waals surface area contributed by atoms with Crippen molar-refractivity contribution in [2.24, 2.45) is 5.41 Å². The summed E-state index contributed by atoms with van der Waals surface area (Å²) in [4.78, 5) is 12.4. The highest BCUT2D eigenvalue weighted by atomic mass is 19.1. The minimum Gasteiger partial charge on any atom is -0.334 e. The van der Waals surface area contributed by atoms with E-state index in [4.69, 9.17) is 0 Å². The number of urea groups is 1. The van der Waals surface area contributed by atoms with Crippen molar-refractivity contribution < 1.29 is 9.18 Å². The van der Waals surface area contributed by atoms with Gasteiger partial charge in [0, 0.05) is 11.1 Å². The van der Waals surface area contributed by atoms with Crippen LogP contribution >= 0.6 is 0 Å². The van der Waals surface area contributed by atoms with E-state index < -0.39 is 0 Å². The van der Waals surface area contributed by atoms with Gasteiger partial charge in [0.05, 0.1) is 23.6 Å². The van der Waals surface area contributed by atoms with Crippen LogP contribution in [0.15, 0.2) is 30.5 Å². The maximum Gasteiger partial charge on any atom is 0.315 e. The number of amides is 2. The van der Waals surface area contributed by atoms with E-state index in [1.54, 1.807) is 12.1 Å². The molecule has 3 rings (SSSR count). The first-order valence-corrected chi connectivity index (χ1v) is 8.95. The zero-order valence-corrected chi connectivity index (χ0v) is 16.1. The van der Waals surface area contributed by atoms with Gasteiger partial charge in [-0.2, -0.15) is 5.10 Å². The Balaban J connectivity index is 1.92. The highest BCUT2D eigenvalue weighted by Gasteiger charge is 2.36. The third kappa shape index (κ3) is 4.06. The molecule has 0 radical (unpaired) electrons. The molecular weight excluding hydrogens is 331 g/mol. The second kappa shape index (κ2) is 6.41. The monoisotopic (exact) mass is 358 g/mol. The van der Waals surface area contributed by atoms with E-state index in [0.717, 1.165) is 29.8 Å². The number of benzene rings is 1. The van der Waals surface area contributed by atoms with Crippen molar-refractivity contribution in [3.05, 3.63) is 47.5 Å². The summed E-state index contributed by atoms with van der Waals surface area (Å²) in [6, 6.07) is 6.03. The Hall–Kier alpha value is -2.37. The molecule has 0 fully saturated rings. The zero-order valence-electron chi connectivity index (χ0n) is 16.1. The molecule has 0 spiro atoms. The van der Waals surface area contributed by atoms with Gasteiger partial charge in [0.2, 0.25) is 0 Å². The number of rotatable bonds is 2.